The highest BCUT2D eigenvalue weighted by Crippen LogP contribution is 2.46. The summed E-state index contributed by atoms with van der Waals surface area (Å²) in [4.78, 5) is 11.2. The van der Waals surface area contributed by atoms with E-state index in [-0.39, 0.29) is 35.8 Å². The number of fused-ring (bicyclic) bond motifs is 1. The SMILES string of the molecule is CC(=O)C[C@H]1CC[C@@H]2O[C@@H]3C[C@]2(CO[C@H]3C)O1. The molecule has 0 aliphatic carbocycles. The molecule has 4 nitrogen and oxygen atoms in total. The lowest BCUT2D eigenvalue weighted by Gasteiger charge is -2.42. The minimum atomic E-state index is -0.268. The summed E-state index contributed by atoms with van der Waals surface area (Å²) in [6, 6.07) is 0. The Balaban J connectivity index is 1.73. The van der Waals surface area contributed by atoms with E-state index in [2.05, 4.69) is 6.92 Å². The highest BCUT2D eigenvalue weighted by molar-refractivity contribution is 5.76. The van der Waals surface area contributed by atoms with E-state index in [1.54, 1.807) is 6.92 Å². The van der Waals surface area contributed by atoms with Crippen molar-refractivity contribution in [3.05, 3.63) is 0 Å². The maximum absolute atomic E-state index is 11.2. The smallest absolute Gasteiger partial charge is 0.132 e. The predicted octanol–water partition coefficient (Wildman–Crippen LogP) is 1.46. The lowest BCUT2D eigenvalue weighted by Crippen LogP contribution is -2.53. The standard InChI is InChI=1S/C13H20O4/c1-8(14)5-10-3-4-12-13(17-10)6-11(16-12)9(2)15-7-13/h9-12H,3-7H2,1-2H3/t9-,10+,11+,12-,13+/m0/s1. The van der Waals surface area contributed by atoms with Crippen LogP contribution in [0.4, 0.5) is 0 Å². The zero-order valence-corrected chi connectivity index (χ0v) is 10.5. The summed E-state index contributed by atoms with van der Waals surface area (Å²) < 4.78 is 17.9. The topological polar surface area (TPSA) is 44.8 Å². The first-order chi connectivity index (χ1) is 8.09. The number of hydrogen-bond acceptors (Lipinski definition) is 4. The van der Waals surface area contributed by atoms with Gasteiger partial charge in [-0.05, 0) is 26.7 Å². The van der Waals surface area contributed by atoms with Crippen molar-refractivity contribution in [2.24, 2.45) is 0 Å². The van der Waals surface area contributed by atoms with Gasteiger partial charge in [-0.2, -0.15) is 0 Å². The van der Waals surface area contributed by atoms with Gasteiger partial charge in [-0.1, -0.05) is 0 Å². The molecule has 3 heterocycles. The van der Waals surface area contributed by atoms with Gasteiger partial charge in [0.25, 0.3) is 0 Å². The molecule has 0 aromatic heterocycles. The quantitative estimate of drug-likeness (QED) is 0.733. The Morgan fingerprint density at radius 1 is 1.41 bits per heavy atom. The third kappa shape index (κ3) is 1.92. The number of Topliss-reactive ketones (excluding diaryl/α,β-unsaturated/α-hetero) is 1. The molecule has 3 rings (SSSR count). The van der Waals surface area contributed by atoms with Gasteiger partial charge in [-0.25, -0.2) is 0 Å². The number of carbonyl (C=O) groups excluding carboxylic acids is 1. The van der Waals surface area contributed by atoms with Crippen LogP contribution >= 0.6 is 0 Å². The van der Waals surface area contributed by atoms with Gasteiger partial charge in [-0.3, -0.25) is 4.79 Å². The first-order valence-corrected chi connectivity index (χ1v) is 6.53. The Labute approximate surface area is 102 Å². The number of hydrogen-bond donors (Lipinski definition) is 0. The lowest BCUT2D eigenvalue weighted by atomic mass is 9.84. The lowest BCUT2D eigenvalue weighted by molar-refractivity contribution is -0.190. The Kier molecular flexibility index (Phi) is 2.76. The summed E-state index contributed by atoms with van der Waals surface area (Å²) >= 11 is 0. The Morgan fingerprint density at radius 2 is 2.24 bits per heavy atom. The zero-order valence-electron chi connectivity index (χ0n) is 10.5. The molecule has 4 heteroatoms. The second-order valence-corrected chi connectivity index (χ2v) is 5.67. The molecule has 17 heavy (non-hydrogen) atoms. The highest BCUT2D eigenvalue weighted by atomic mass is 16.6. The minimum absolute atomic E-state index is 0.0584. The van der Waals surface area contributed by atoms with Crippen molar-refractivity contribution >= 4 is 5.78 Å². The van der Waals surface area contributed by atoms with Gasteiger partial charge in [0.2, 0.25) is 0 Å². The van der Waals surface area contributed by atoms with Crippen LogP contribution in [-0.4, -0.2) is 42.4 Å². The van der Waals surface area contributed by atoms with Crippen LogP contribution < -0.4 is 0 Å². The van der Waals surface area contributed by atoms with E-state index in [1.807, 2.05) is 0 Å². The number of ketones is 1. The second-order valence-electron chi connectivity index (χ2n) is 5.67. The summed E-state index contributed by atoms with van der Waals surface area (Å²) in [5.41, 5.74) is -0.268. The maximum Gasteiger partial charge on any atom is 0.132 e. The molecule has 5 atom stereocenters. The van der Waals surface area contributed by atoms with Crippen LogP contribution in [0.2, 0.25) is 0 Å². The fraction of sp³-hybridized carbons (Fsp3) is 0.923. The van der Waals surface area contributed by atoms with Crippen molar-refractivity contribution in [2.45, 2.75) is 69.5 Å². The largest absolute Gasteiger partial charge is 0.373 e. The molecule has 0 amide bonds. The first-order valence-electron chi connectivity index (χ1n) is 6.53. The van der Waals surface area contributed by atoms with Crippen molar-refractivity contribution in [2.75, 3.05) is 6.61 Å². The molecule has 0 unspecified atom stereocenters. The molecule has 0 saturated carbocycles. The molecule has 0 aromatic rings. The molecule has 0 N–H and O–H groups in total. The van der Waals surface area contributed by atoms with E-state index in [9.17, 15) is 4.79 Å². The van der Waals surface area contributed by atoms with Gasteiger partial charge in [0.1, 0.15) is 11.4 Å². The van der Waals surface area contributed by atoms with Crippen LogP contribution in [0, 0.1) is 0 Å². The van der Waals surface area contributed by atoms with Gasteiger partial charge in [-0.15, -0.1) is 0 Å². The van der Waals surface area contributed by atoms with Crippen molar-refractivity contribution in [3.8, 4) is 0 Å². The summed E-state index contributed by atoms with van der Waals surface area (Å²) in [5.74, 6) is 0.199. The van der Waals surface area contributed by atoms with Crippen molar-refractivity contribution in [1.29, 1.82) is 0 Å². The average molecular weight is 240 g/mol. The summed E-state index contributed by atoms with van der Waals surface area (Å²) in [6.45, 7) is 4.30. The van der Waals surface area contributed by atoms with E-state index in [4.69, 9.17) is 14.2 Å². The van der Waals surface area contributed by atoms with E-state index >= 15 is 0 Å². The molecule has 96 valence electrons. The monoisotopic (exact) mass is 240 g/mol. The number of carbonyl (C=O) groups is 1. The molecule has 3 aliphatic heterocycles. The number of ether oxygens (including phenoxy) is 3. The Morgan fingerprint density at radius 3 is 3.00 bits per heavy atom. The van der Waals surface area contributed by atoms with Crippen molar-refractivity contribution in [3.63, 3.8) is 0 Å². The average Bonchev–Trinajstić information content (AvgIpc) is 2.58. The second kappa shape index (κ2) is 4.04. The van der Waals surface area contributed by atoms with Gasteiger partial charge in [0, 0.05) is 12.8 Å². The predicted molar refractivity (Wildman–Crippen MR) is 60.8 cm³/mol. The number of rotatable bonds is 2. The summed E-state index contributed by atoms with van der Waals surface area (Å²) in [5, 5.41) is 0. The van der Waals surface area contributed by atoms with Gasteiger partial charge in [0.15, 0.2) is 0 Å². The molecule has 1 spiro atoms. The van der Waals surface area contributed by atoms with Crippen LogP contribution in [0.3, 0.4) is 0 Å². The van der Waals surface area contributed by atoms with E-state index < -0.39 is 0 Å². The molecular formula is C13H20O4. The van der Waals surface area contributed by atoms with Crippen molar-refractivity contribution < 1.29 is 19.0 Å². The third-order valence-electron chi connectivity index (χ3n) is 4.25. The highest BCUT2D eigenvalue weighted by Gasteiger charge is 2.57. The molecule has 3 saturated heterocycles. The van der Waals surface area contributed by atoms with Crippen molar-refractivity contribution in [1.82, 2.24) is 0 Å². The fourth-order valence-electron chi connectivity index (χ4n) is 3.34. The zero-order chi connectivity index (χ0) is 12.0. The minimum Gasteiger partial charge on any atom is -0.373 e. The molecule has 0 radical (unpaired) electrons. The van der Waals surface area contributed by atoms with Crippen LogP contribution in [0.5, 0.6) is 0 Å². The van der Waals surface area contributed by atoms with Crippen LogP contribution in [-0.2, 0) is 19.0 Å². The van der Waals surface area contributed by atoms with Crippen LogP contribution in [0.25, 0.3) is 0 Å². The fourth-order valence-corrected chi connectivity index (χ4v) is 3.34. The van der Waals surface area contributed by atoms with Gasteiger partial charge in [0.05, 0.1) is 31.0 Å². The normalized spacial score (nSPS) is 48.8. The maximum atomic E-state index is 11.2. The van der Waals surface area contributed by atoms with E-state index in [0.29, 0.717) is 13.0 Å². The summed E-state index contributed by atoms with van der Waals surface area (Å²) in [7, 11) is 0. The van der Waals surface area contributed by atoms with Crippen LogP contribution in [0.1, 0.15) is 39.5 Å². The molecule has 3 fully saturated rings. The molecule has 0 aromatic carbocycles. The molecule has 2 bridgehead atoms. The third-order valence-corrected chi connectivity index (χ3v) is 4.25. The van der Waals surface area contributed by atoms with Crippen LogP contribution in [0.15, 0.2) is 0 Å². The van der Waals surface area contributed by atoms with Gasteiger partial charge >= 0.3 is 0 Å². The molecular weight excluding hydrogens is 220 g/mol. The van der Waals surface area contributed by atoms with E-state index in [1.165, 1.54) is 0 Å². The first kappa shape index (κ1) is 11.6. The Hall–Kier alpha value is -0.450. The molecule has 3 aliphatic rings. The summed E-state index contributed by atoms with van der Waals surface area (Å²) in [6.07, 6.45) is 3.93. The van der Waals surface area contributed by atoms with Gasteiger partial charge < -0.3 is 14.2 Å². The van der Waals surface area contributed by atoms with E-state index in [0.717, 1.165) is 19.3 Å². The Bertz CT molecular complexity index is 329.